The summed E-state index contributed by atoms with van der Waals surface area (Å²) < 4.78 is 0. The SMILES string of the molecule is c1cc2c(c(CNC(C3CC3)C3CC3)c1)NCC2. The Hall–Kier alpha value is -1.02. The fraction of sp³-hybridized carbons (Fsp3) is 0.625. The van der Waals surface area contributed by atoms with Crippen LogP contribution in [0.4, 0.5) is 5.69 Å². The number of rotatable bonds is 5. The second kappa shape index (κ2) is 4.27. The Balaban J connectivity index is 1.46. The summed E-state index contributed by atoms with van der Waals surface area (Å²) in [5, 5.41) is 7.39. The third-order valence-corrected chi connectivity index (χ3v) is 4.72. The maximum absolute atomic E-state index is 3.85. The van der Waals surface area contributed by atoms with Crippen molar-refractivity contribution < 1.29 is 0 Å². The van der Waals surface area contributed by atoms with Crippen molar-refractivity contribution in [1.82, 2.24) is 5.32 Å². The van der Waals surface area contributed by atoms with Crippen LogP contribution < -0.4 is 10.6 Å². The molecule has 0 amide bonds. The van der Waals surface area contributed by atoms with Crippen molar-refractivity contribution in [3.05, 3.63) is 29.3 Å². The minimum Gasteiger partial charge on any atom is -0.384 e. The zero-order valence-corrected chi connectivity index (χ0v) is 10.9. The highest BCUT2D eigenvalue weighted by Gasteiger charge is 2.41. The Morgan fingerprint density at radius 1 is 1.17 bits per heavy atom. The molecule has 0 bridgehead atoms. The summed E-state index contributed by atoms with van der Waals surface area (Å²) in [7, 11) is 0. The molecular weight excluding hydrogens is 220 g/mol. The van der Waals surface area contributed by atoms with Crippen molar-refractivity contribution in [2.24, 2.45) is 11.8 Å². The molecule has 2 fully saturated rings. The zero-order chi connectivity index (χ0) is 11.9. The highest BCUT2D eigenvalue weighted by Crippen LogP contribution is 2.44. The summed E-state index contributed by atoms with van der Waals surface area (Å²) in [6, 6.07) is 7.56. The van der Waals surface area contributed by atoms with Crippen molar-refractivity contribution in [2.75, 3.05) is 11.9 Å². The van der Waals surface area contributed by atoms with Crippen molar-refractivity contribution >= 4 is 5.69 Å². The van der Waals surface area contributed by atoms with Crippen LogP contribution in [0.5, 0.6) is 0 Å². The molecule has 0 radical (unpaired) electrons. The molecule has 0 unspecified atom stereocenters. The summed E-state index contributed by atoms with van der Waals surface area (Å²) in [5.74, 6) is 1.98. The van der Waals surface area contributed by atoms with E-state index in [2.05, 4.69) is 28.8 Å². The number of anilines is 1. The minimum atomic E-state index is 0.808. The van der Waals surface area contributed by atoms with E-state index in [0.717, 1.165) is 31.0 Å². The van der Waals surface area contributed by atoms with E-state index in [1.165, 1.54) is 48.9 Å². The van der Waals surface area contributed by atoms with Crippen molar-refractivity contribution in [3.8, 4) is 0 Å². The average molecular weight is 242 g/mol. The van der Waals surface area contributed by atoms with Crippen molar-refractivity contribution in [3.63, 3.8) is 0 Å². The Bertz CT molecular complexity index is 434. The van der Waals surface area contributed by atoms with Gasteiger partial charge in [0.2, 0.25) is 0 Å². The van der Waals surface area contributed by atoms with E-state index >= 15 is 0 Å². The number of hydrogen-bond donors (Lipinski definition) is 2. The molecule has 0 spiro atoms. The second-order valence-corrected chi connectivity index (χ2v) is 6.21. The van der Waals surface area contributed by atoms with Crippen LogP contribution in [0.2, 0.25) is 0 Å². The van der Waals surface area contributed by atoms with E-state index in [-0.39, 0.29) is 0 Å². The fourth-order valence-electron chi connectivity index (χ4n) is 3.41. The lowest BCUT2D eigenvalue weighted by molar-refractivity contribution is 0.416. The Morgan fingerprint density at radius 3 is 2.67 bits per heavy atom. The van der Waals surface area contributed by atoms with E-state index in [9.17, 15) is 0 Å². The van der Waals surface area contributed by atoms with Gasteiger partial charge in [0.1, 0.15) is 0 Å². The molecule has 1 heterocycles. The topological polar surface area (TPSA) is 24.1 Å². The van der Waals surface area contributed by atoms with Crippen molar-refractivity contribution in [2.45, 2.75) is 44.7 Å². The van der Waals surface area contributed by atoms with E-state index in [4.69, 9.17) is 0 Å². The molecular formula is C16H22N2. The van der Waals surface area contributed by atoms with Crippen molar-refractivity contribution in [1.29, 1.82) is 0 Å². The summed E-state index contributed by atoms with van der Waals surface area (Å²) in [4.78, 5) is 0. The highest BCUT2D eigenvalue weighted by atomic mass is 15.0. The highest BCUT2D eigenvalue weighted by molar-refractivity contribution is 5.61. The summed E-state index contributed by atoms with van der Waals surface area (Å²) >= 11 is 0. The van der Waals surface area contributed by atoms with Gasteiger partial charge < -0.3 is 10.6 Å². The van der Waals surface area contributed by atoms with Crippen LogP contribution >= 0.6 is 0 Å². The molecule has 2 saturated carbocycles. The predicted molar refractivity (Wildman–Crippen MR) is 74.7 cm³/mol. The molecule has 0 atom stereocenters. The molecule has 1 aliphatic heterocycles. The van der Waals surface area contributed by atoms with Gasteiger partial charge in [-0.2, -0.15) is 0 Å². The quantitative estimate of drug-likeness (QED) is 0.829. The lowest BCUT2D eigenvalue weighted by Crippen LogP contribution is -2.32. The molecule has 4 rings (SSSR count). The maximum Gasteiger partial charge on any atom is 0.0419 e. The first-order valence-electron chi connectivity index (χ1n) is 7.50. The van der Waals surface area contributed by atoms with Gasteiger partial charge in [-0.25, -0.2) is 0 Å². The lowest BCUT2D eigenvalue weighted by Gasteiger charge is -2.19. The van der Waals surface area contributed by atoms with Gasteiger partial charge in [-0.15, -0.1) is 0 Å². The predicted octanol–water partition coefficient (Wildman–Crippen LogP) is 2.93. The van der Waals surface area contributed by atoms with E-state index in [0.29, 0.717) is 0 Å². The van der Waals surface area contributed by atoms with Crippen LogP contribution in [0.15, 0.2) is 18.2 Å². The van der Waals surface area contributed by atoms with Crippen LogP contribution in [0.3, 0.4) is 0 Å². The van der Waals surface area contributed by atoms with Gasteiger partial charge in [0, 0.05) is 24.8 Å². The van der Waals surface area contributed by atoms with Crippen LogP contribution in [0, 0.1) is 11.8 Å². The Labute approximate surface area is 109 Å². The molecule has 2 N–H and O–H groups in total. The maximum atomic E-state index is 3.85. The van der Waals surface area contributed by atoms with Crippen LogP contribution in [0.25, 0.3) is 0 Å². The Morgan fingerprint density at radius 2 is 1.94 bits per heavy atom. The number of nitrogens with one attached hydrogen (secondary N) is 2. The van der Waals surface area contributed by atoms with Gasteiger partial charge in [0.15, 0.2) is 0 Å². The monoisotopic (exact) mass is 242 g/mol. The zero-order valence-electron chi connectivity index (χ0n) is 10.9. The molecule has 96 valence electrons. The summed E-state index contributed by atoms with van der Waals surface area (Å²) in [6.07, 6.45) is 7.02. The third kappa shape index (κ3) is 2.03. The van der Waals surface area contributed by atoms with E-state index in [1.807, 2.05) is 0 Å². The molecule has 3 aliphatic rings. The number of fused-ring (bicyclic) bond motifs is 1. The fourth-order valence-corrected chi connectivity index (χ4v) is 3.41. The molecule has 2 nitrogen and oxygen atoms in total. The molecule has 1 aromatic rings. The third-order valence-electron chi connectivity index (χ3n) is 4.72. The molecule has 0 aromatic heterocycles. The Kier molecular flexibility index (Phi) is 2.58. The van der Waals surface area contributed by atoms with Gasteiger partial charge >= 0.3 is 0 Å². The smallest absolute Gasteiger partial charge is 0.0419 e. The first-order chi connectivity index (χ1) is 8.92. The molecule has 1 aromatic carbocycles. The van der Waals surface area contributed by atoms with E-state index in [1.54, 1.807) is 0 Å². The normalized spacial score (nSPS) is 22.1. The van der Waals surface area contributed by atoms with Crippen LogP contribution in [0.1, 0.15) is 36.8 Å². The minimum absolute atomic E-state index is 0.808. The second-order valence-electron chi connectivity index (χ2n) is 6.21. The van der Waals surface area contributed by atoms with Gasteiger partial charge in [0.05, 0.1) is 0 Å². The molecule has 2 heteroatoms. The number of hydrogen-bond acceptors (Lipinski definition) is 2. The summed E-state index contributed by atoms with van der Waals surface area (Å²) in [5.41, 5.74) is 4.38. The number of para-hydroxylation sites is 1. The molecule has 18 heavy (non-hydrogen) atoms. The van der Waals surface area contributed by atoms with Gasteiger partial charge in [-0.3, -0.25) is 0 Å². The first-order valence-corrected chi connectivity index (χ1v) is 7.50. The standard InChI is InChI=1S/C16H22N2/c1-2-11-8-9-17-16(11)14(3-1)10-18-15(12-4-5-12)13-6-7-13/h1-3,12-13,15,17-18H,4-10H2. The molecule has 2 aliphatic carbocycles. The largest absolute Gasteiger partial charge is 0.384 e. The van der Waals surface area contributed by atoms with Crippen LogP contribution in [-0.4, -0.2) is 12.6 Å². The van der Waals surface area contributed by atoms with Gasteiger partial charge in [0.25, 0.3) is 0 Å². The number of benzene rings is 1. The average Bonchev–Trinajstić information content (AvgIpc) is 3.30. The van der Waals surface area contributed by atoms with E-state index < -0.39 is 0 Å². The van der Waals surface area contributed by atoms with Crippen LogP contribution in [-0.2, 0) is 13.0 Å². The lowest BCUT2D eigenvalue weighted by atomic mass is 10.0. The first kappa shape index (κ1) is 10.9. The summed E-state index contributed by atoms with van der Waals surface area (Å²) in [6.45, 7) is 2.16. The van der Waals surface area contributed by atoms with Gasteiger partial charge in [-0.05, 0) is 55.1 Å². The van der Waals surface area contributed by atoms with Gasteiger partial charge in [-0.1, -0.05) is 18.2 Å². The molecule has 0 saturated heterocycles.